The van der Waals surface area contributed by atoms with Crippen LogP contribution in [0.15, 0.2) is 65.8 Å². The Morgan fingerprint density at radius 3 is 2.55 bits per heavy atom. The van der Waals surface area contributed by atoms with Gasteiger partial charge in [0.15, 0.2) is 5.65 Å². The molecular weight excluding hydrogens is 397 g/mol. The van der Waals surface area contributed by atoms with E-state index in [2.05, 4.69) is 15.4 Å². The molecule has 0 radical (unpaired) electrons. The Hall–Kier alpha value is -3.52. The van der Waals surface area contributed by atoms with Crippen LogP contribution in [0.2, 0.25) is 5.02 Å². The molecule has 2 aromatic heterocycles. The standard InChI is InChI=1S/C20H15ClFN5O2/c21-14-3-7-16(8-4-14)27-19-17(10-25-27)20(29)26(12-24-19)11-18(28)23-9-13-1-5-15(22)6-2-13/h1-8,10,12H,9,11H2,(H,23,28). The topological polar surface area (TPSA) is 81.8 Å². The third-order valence-corrected chi connectivity index (χ3v) is 4.59. The second-order valence-corrected chi connectivity index (χ2v) is 6.79. The summed E-state index contributed by atoms with van der Waals surface area (Å²) in [6.07, 6.45) is 2.74. The molecule has 0 saturated carbocycles. The van der Waals surface area contributed by atoms with Crippen molar-refractivity contribution in [2.24, 2.45) is 0 Å². The maximum absolute atomic E-state index is 12.9. The number of carbonyl (C=O) groups is 1. The van der Waals surface area contributed by atoms with Gasteiger partial charge in [0, 0.05) is 11.6 Å². The minimum Gasteiger partial charge on any atom is -0.350 e. The van der Waals surface area contributed by atoms with Gasteiger partial charge in [-0.3, -0.25) is 14.2 Å². The van der Waals surface area contributed by atoms with Crippen molar-refractivity contribution in [1.29, 1.82) is 0 Å². The lowest BCUT2D eigenvalue weighted by atomic mass is 10.2. The first-order valence-electron chi connectivity index (χ1n) is 8.71. The summed E-state index contributed by atoms with van der Waals surface area (Å²) in [4.78, 5) is 29.2. The fraction of sp³-hybridized carbons (Fsp3) is 0.100. The van der Waals surface area contributed by atoms with Crippen LogP contribution in [0.4, 0.5) is 4.39 Å². The second kappa shape index (κ2) is 7.84. The van der Waals surface area contributed by atoms with Crippen molar-refractivity contribution in [2.75, 3.05) is 0 Å². The minimum atomic E-state index is -0.368. The summed E-state index contributed by atoms with van der Waals surface area (Å²) in [7, 11) is 0. The molecule has 2 aromatic carbocycles. The molecule has 4 aromatic rings. The number of halogens is 2. The first-order valence-corrected chi connectivity index (χ1v) is 9.09. The van der Waals surface area contributed by atoms with Gasteiger partial charge in [-0.05, 0) is 42.0 Å². The average Bonchev–Trinajstić information content (AvgIpc) is 3.15. The van der Waals surface area contributed by atoms with Gasteiger partial charge in [0.05, 0.1) is 11.9 Å². The van der Waals surface area contributed by atoms with Crippen LogP contribution in [0, 0.1) is 5.82 Å². The summed E-state index contributed by atoms with van der Waals surface area (Å²) >= 11 is 5.90. The normalized spacial score (nSPS) is 11.0. The van der Waals surface area contributed by atoms with Crippen LogP contribution in [0.1, 0.15) is 5.56 Å². The zero-order chi connectivity index (χ0) is 20.4. The van der Waals surface area contributed by atoms with Gasteiger partial charge in [0.1, 0.15) is 24.1 Å². The number of aromatic nitrogens is 4. The molecule has 146 valence electrons. The Morgan fingerprint density at radius 1 is 1.10 bits per heavy atom. The molecule has 0 unspecified atom stereocenters. The second-order valence-electron chi connectivity index (χ2n) is 6.35. The van der Waals surface area contributed by atoms with E-state index in [1.165, 1.54) is 33.9 Å². The number of fused-ring (bicyclic) bond motifs is 1. The quantitative estimate of drug-likeness (QED) is 0.547. The zero-order valence-corrected chi connectivity index (χ0v) is 15.8. The van der Waals surface area contributed by atoms with E-state index in [1.807, 2.05) is 0 Å². The van der Waals surface area contributed by atoms with E-state index in [9.17, 15) is 14.0 Å². The van der Waals surface area contributed by atoms with Gasteiger partial charge in [-0.1, -0.05) is 23.7 Å². The minimum absolute atomic E-state index is 0.185. The smallest absolute Gasteiger partial charge is 0.264 e. The molecular formula is C20H15ClFN5O2. The summed E-state index contributed by atoms with van der Waals surface area (Å²) < 4.78 is 15.7. The Morgan fingerprint density at radius 2 is 1.83 bits per heavy atom. The molecule has 29 heavy (non-hydrogen) atoms. The summed E-state index contributed by atoms with van der Waals surface area (Å²) in [6.45, 7) is 0.0487. The predicted molar refractivity (Wildman–Crippen MR) is 106 cm³/mol. The van der Waals surface area contributed by atoms with E-state index in [4.69, 9.17) is 11.6 Å². The number of benzene rings is 2. The maximum atomic E-state index is 12.9. The maximum Gasteiger partial charge on any atom is 0.264 e. The lowest BCUT2D eigenvalue weighted by Crippen LogP contribution is -2.32. The average molecular weight is 412 g/mol. The molecule has 0 aliphatic rings. The van der Waals surface area contributed by atoms with Crippen molar-refractivity contribution in [3.8, 4) is 5.69 Å². The molecule has 1 amide bonds. The number of carbonyl (C=O) groups excluding carboxylic acids is 1. The van der Waals surface area contributed by atoms with E-state index < -0.39 is 0 Å². The Balaban J connectivity index is 1.52. The van der Waals surface area contributed by atoms with Crippen LogP contribution in [0.25, 0.3) is 16.7 Å². The van der Waals surface area contributed by atoms with Crippen LogP contribution in [-0.4, -0.2) is 25.2 Å². The van der Waals surface area contributed by atoms with E-state index in [-0.39, 0.29) is 30.4 Å². The highest BCUT2D eigenvalue weighted by atomic mass is 35.5. The first-order chi connectivity index (χ1) is 14.0. The molecule has 0 aliphatic carbocycles. The van der Waals surface area contributed by atoms with E-state index in [1.54, 1.807) is 36.4 Å². The largest absolute Gasteiger partial charge is 0.350 e. The Kier molecular flexibility index (Phi) is 5.09. The molecule has 4 rings (SSSR count). The summed E-state index contributed by atoms with van der Waals surface area (Å²) in [6, 6.07) is 12.8. The monoisotopic (exact) mass is 411 g/mol. The lowest BCUT2D eigenvalue weighted by Gasteiger charge is -2.08. The molecule has 0 aliphatic heterocycles. The van der Waals surface area contributed by atoms with Crippen LogP contribution in [0.3, 0.4) is 0 Å². The van der Waals surface area contributed by atoms with E-state index >= 15 is 0 Å². The zero-order valence-electron chi connectivity index (χ0n) is 15.0. The Labute approximate surface area is 169 Å². The third-order valence-electron chi connectivity index (χ3n) is 4.34. The Bertz CT molecular complexity index is 1230. The molecule has 1 N–H and O–H groups in total. The lowest BCUT2D eigenvalue weighted by molar-refractivity contribution is -0.121. The van der Waals surface area contributed by atoms with E-state index in [0.717, 1.165) is 5.56 Å². The van der Waals surface area contributed by atoms with Crippen LogP contribution < -0.4 is 10.9 Å². The van der Waals surface area contributed by atoms with Gasteiger partial charge < -0.3 is 5.32 Å². The number of nitrogens with zero attached hydrogens (tertiary/aromatic N) is 4. The molecule has 0 atom stereocenters. The van der Waals surface area contributed by atoms with Gasteiger partial charge >= 0.3 is 0 Å². The SMILES string of the molecule is O=C(Cn1cnc2c(cnn2-c2ccc(Cl)cc2)c1=O)NCc1ccc(F)cc1. The molecule has 2 heterocycles. The van der Waals surface area contributed by atoms with E-state index in [0.29, 0.717) is 21.7 Å². The van der Waals surface area contributed by atoms with Crippen molar-refractivity contribution in [3.05, 3.63) is 87.8 Å². The number of amides is 1. The van der Waals surface area contributed by atoms with Crippen LogP contribution in [0.5, 0.6) is 0 Å². The highest BCUT2D eigenvalue weighted by Crippen LogP contribution is 2.16. The van der Waals surface area contributed by atoms with Gasteiger partial charge in [-0.15, -0.1) is 0 Å². The highest BCUT2D eigenvalue weighted by molar-refractivity contribution is 6.30. The number of rotatable bonds is 5. The number of hydrogen-bond donors (Lipinski definition) is 1. The highest BCUT2D eigenvalue weighted by Gasteiger charge is 2.13. The number of hydrogen-bond acceptors (Lipinski definition) is 4. The molecule has 0 fully saturated rings. The van der Waals surface area contributed by atoms with Gasteiger partial charge in [0.2, 0.25) is 5.91 Å². The van der Waals surface area contributed by atoms with Gasteiger partial charge in [-0.2, -0.15) is 5.10 Å². The molecule has 7 nitrogen and oxygen atoms in total. The van der Waals surface area contributed by atoms with Gasteiger partial charge in [-0.25, -0.2) is 14.1 Å². The molecule has 9 heteroatoms. The van der Waals surface area contributed by atoms with Crippen LogP contribution >= 0.6 is 11.6 Å². The van der Waals surface area contributed by atoms with Crippen molar-refractivity contribution in [2.45, 2.75) is 13.1 Å². The summed E-state index contributed by atoms with van der Waals surface area (Å²) in [5, 5.41) is 7.81. The summed E-state index contributed by atoms with van der Waals surface area (Å²) in [5.74, 6) is -0.701. The molecule has 0 spiro atoms. The van der Waals surface area contributed by atoms with Crippen molar-refractivity contribution in [3.63, 3.8) is 0 Å². The molecule has 0 saturated heterocycles. The van der Waals surface area contributed by atoms with Gasteiger partial charge in [0.25, 0.3) is 5.56 Å². The first kappa shape index (κ1) is 18.8. The van der Waals surface area contributed by atoms with Crippen LogP contribution in [-0.2, 0) is 17.9 Å². The molecule has 0 bridgehead atoms. The van der Waals surface area contributed by atoms with Crippen molar-refractivity contribution < 1.29 is 9.18 Å². The predicted octanol–water partition coefficient (Wildman–Crippen LogP) is 2.69. The van der Waals surface area contributed by atoms with Crippen molar-refractivity contribution in [1.82, 2.24) is 24.6 Å². The summed E-state index contributed by atoms with van der Waals surface area (Å²) in [5.41, 5.74) is 1.49. The van der Waals surface area contributed by atoms with Crippen molar-refractivity contribution >= 4 is 28.5 Å². The number of nitrogens with one attached hydrogen (secondary N) is 1. The fourth-order valence-corrected chi connectivity index (χ4v) is 2.97. The fourth-order valence-electron chi connectivity index (χ4n) is 2.85. The third kappa shape index (κ3) is 4.02.